The third-order valence-electron chi connectivity index (χ3n) is 5.19. The number of benzene rings is 1. The number of fused-ring (bicyclic) bond motifs is 1. The minimum absolute atomic E-state index is 0.500. The number of methoxy groups -OCH3 is 1. The molecule has 1 aliphatic heterocycles. The molecule has 3 atom stereocenters. The van der Waals surface area contributed by atoms with Gasteiger partial charge < -0.3 is 15.0 Å². The highest BCUT2D eigenvalue weighted by Crippen LogP contribution is 2.33. The summed E-state index contributed by atoms with van der Waals surface area (Å²) in [4.78, 5) is 2.45. The van der Waals surface area contributed by atoms with Crippen LogP contribution in [0.1, 0.15) is 43.4 Å². The fraction of sp³-hybridized carbons (Fsp3) is 0.667. The Morgan fingerprint density at radius 3 is 2.90 bits per heavy atom. The lowest BCUT2D eigenvalue weighted by molar-refractivity contribution is 0.163. The zero-order valence-corrected chi connectivity index (χ0v) is 13.6. The Labute approximate surface area is 128 Å². The highest BCUT2D eigenvalue weighted by atomic mass is 16.5. The summed E-state index contributed by atoms with van der Waals surface area (Å²) in [6.45, 7) is 4.79. The van der Waals surface area contributed by atoms with E-state index in [1.165, 1.54) is 49.9 Å². The van der Waals surface area contributed by atoms with Gasteiger partial charge in [0.25, 0.3) is 0 Å². The average Bonchev–Trinajstić information content (AvgIpc) is 2.50. The molecular formula is C18H28N2O. The molecule has 1 heterocycles. The van der Waals surface area contributed by atoms with Gasteiger partial charge in [0.05, 0.1) is 7.11 Å². The molecule has 0 saturated carbocycles. The first-order chi connectivity index (χ1) is 10.2. The molecule has 3 unspecified atom stereocenters. The van der Waals surface area contributed by atoms with Crippen molar-refractivity contribution >= 4 is 0 Å². The van der Waals surface area contributed by atoms with Gasteiger partial charge in [0, 0.05) is 18.6 Å². The molecule has 0 amide bonds. The fourth-order valence-electron chi connectivity index (χ4n) is 3.94. The SMILES string of the molecule is COc1ccc2c(c1)C(NC1CCN(C)CC1C)CCC2. The lowest BCUT2D eigenvalue weighted by Crippen LogP contribution is -2.48. The lowest BCUT2D eigenvalue weighted by atomic mass is 9.85. The van der Waals surface area contributed by atoms with E-state index in [9.17, 15) is 0 Å². The first-order valence-electron chi connectivity index (χ1n) is 8.29. The smallest absolute Gasteiger partial charge is 0.119 e. The van der Waals surface area contributed by atoms with Gasteiger partial charge in [-0.25, -0.2) is 0 Å². The normalized spacial score (nSPS) is 30.0. The Balaban J connectivity index is 1.75. The molecule has 2 aliphatic rings. The van der Waals surface area contributed by atoms with Crippen LogP contribution in [-0.4, -0.2) is 38.2 Å². The van der Waals surface area contributed by atoms with Crippen molar-refractivity contribution in [1.29, 1.82) is 0 Å². The standard InChI is InChI=1S/C18H28N2O/c1-13-12-20(2)10-9-17(13)19-18-6-4-5-14-7-8-15(21-3)11-16(14)18/h7-8,11,13,17-19H,4-6,9-10,12H2,1-3H3. The molecule has 116 valence electrons. The molecule has 1 saturated heterocycles. The van der Waals surface area contributed by atoms with Crippen molar-refractivity contribution in [2.24, 2.45) is 5.92 Å². The van der Waals surface area contributed by atoms with Crippen molar-refractivity contribution in [3.63, 3.8) is 0 Å². The van der Waals surface area contributed by atoms with Crippen LogP contribution in [-0.2, 0) is 6.42 Å². The van der Waals surface area contributed by atoms with Gasteiger partial charge >= 0.3 is 0 Å². The summed E-state index contributed by atoms with van der Waals surface area (Å²) >= 11 is 0. The minimum atomic E-state index is 0.500. The molecule has 1 aromatic carbocycles. The van der Waals surface area contributed by atoms with E-state index >= 15 is 0 Å². The summed E-state index contributed by atoms with van der Waals surface area (Å²) < 4.78 is 5.42. The number of ether oxygens (including phenoxy) is 1. The summed E-state index contributed by atoms with van der Waals surface area (Å²) in [7, 11) is 3.99. The Morgan fingerprint density at radius 2 is 2.14 bits per heavy atom. The van der Waals surface area contributed by atoms with Crippen molar-refractivity contribution in [3.8, 4) is 5.75 Å². The zero-order valence-electron chi connectivity index (χ0n) is 13.6. The van der Waals surface area contributed by atoms with Gasteiger partial charge in [-0.3, -0.25) is 0 Å². The van der Waals surface area contributed by atoms with E-state index in [0.717, 1.165) is 11.7 Å². The summed E-state index contributed by atoms with van der Waals surface area (Å²) in [5.41, 5.74) is 2.96. The highest BCUT2D eigenvalue weighted by molar-refractivity contribution is 5.39. The predicted octanol–water partition coefficient (Wildman–Crippen LogP) is 3.00. The van der Waals surface area contributed by atoms with Gasteiger partial charge in [0.1, 0.15) is 5.75 Å². The molecule has 0 bridgehead atoms. The molecule has 1 aliphatic carbocycles. The molecule has 21 heavy (non-hydrogen) atoms. The molecule has 1 aromatic rings. The van der Waals surface area contributed by atoms with Gasteiger partial charge in [-0.2, -0.15) is 0 Å². The number of hydrogen-bond donors (Lipinski definition) is 1. The average molecular weight is 288 g/mol. The van der Waals surface area contributed by atoms with Gasteiger partial charge in [-0.15, -0.1) is 0 Å². The molecule has 3 nitrogen and oxygen atoms in total. The highest BCUT2D eigenvalue weighted by Gasteiger charge is 2.28. The second-order valence-electron chi connectivity index (χ2n) is 6.81. The Morgan fingerprint density at radius 1 is 1.29 bits per heavy atom. The molecule has 0 radical (unpaired) electrons. The lowest BCUT2D eigenvalue weighted by Gasteiger charge is -2.39. The summed E-state index contributed by atoms with van der Waals surface area (Å²) in [6, 6.07) is 7.73. The van der Waals surface area contributed by atoms with Crippen LogP contribution < -0.4 is 10.1 Å². The van der Waals surface area contributed by atoms with Crippen LogP contribution in [0.25, 0.3) is 0 Å². The monoisotopic (exact) mass is 288 g/mol. The molecule has 1 N–H and O–H groups in total. The maximum Gasteiger partial charge on any atom is 0.119 e. The van der Waals surface area contributed by atoms with Gasteiger partial charge in [0.2, 0.25) is 0 Å². The molecule has 1 fully saturated rings. The number of likely N-dealkylation sites (tertiary alicyclic amines) is 1. The number of nitrogens with one attached hydrogen (secondary N) is 1. The van der Waals surface area contributed by atoms with Crippen LogP contribution >= 0.6 is 0 Å². The van der Waals surface area contributed by atoms with Crippen molar-refractivity contribution in [3.05, 3.63) is 29.3 Å². The van der Waals surface area contributed by atoms with Crippen molar-refractivity contribution in [2.45, 2.75) is 44.7 Å². The van der Waals surface area contributed by atoms with E-state index in [-0.39, 0.29) is 0 Å². The fourth-order valence-corrected chi connectivity index (χ4v) is 3.94. The van der Waals surface area contributed by atoms with E-state index in [1.807, 2.05) is 0 Å². The molecule has 3 heteroatoms. The zero-order chi connectivity index (χ0) is 14.8. The number of nitrogens with zero attached hydrogens (tertiary/aromatic N) is 1. The number of hydrogen-bond acceptors (Lipinski definition) is 3. The number of aryl methyl sites for hydroxylation is 1. The second-order valence-corrected chi connectivity index (χ2v) is 6.81. The number of piperidine rings is 1. The summed E-state index contributed by atoms with van der Waals surface area (Å²) in [6.07, 6.45) is 5.01. The van der Waals surface area contributed by atoms with E-state index in [4.69, 9.17) is 4.74 Å². The van der Waals surface area contributed by atoms with E-state index in [1.54, 1.807) is 7.11 Å². The molecular weight excluding hydrogens is 260 g/mol. The third-order valence-corrected chi connectivity index (χ3v) is 5.19. The van der Waals surface area contributed by atoms with Gasteiger partial charge in [-0.05, 0) is 68.5 Å². The van der Waals surface area contributed by atoms with Crippen LogP contribution in [0.15, 0.2) is 18.2 Å². The molecule has 0 aromatic heterocycles. The molecule has 3 rings (SSSR count). The quantitative estimate of drug-likeness (QED) is 0.925. The van der Waals surface area contributed by atoms with Crippen LogP contribution in [0, 0.1) is 5.92 Å². The minimum Gasteiger partial charge on any atom is -0.497 e. The number of rotatable bonds is 3. The summed E-state index contributed by atoms with van der Waals surface area (Å²) in [5, 5.41) is 3.95. The first-order valence-corrected chi connectivity index (χ1v) is 8.29. The molecule has 0 spiro atoms. The Bertz CT molecular complexity index is 488. The van der Waals surface area contributed by atoms with Crippen LogP contribution in [0.4, 0.5) is 0 Å². The third kappa shape index (κ3) is 3.24. The van der Waals surface area contributed by atoms with E-state index < -0.39 is 0 Å². The Hall–Kier alpha value is -1.06. The first kappa shape index (κ1) is 14.9. The maximum absolute atomic E-state index is 5.42. The van der Waals surface area contributed by atoms with E-state index in [2.05, 4.69) is 42.4 Å². The predicted molar refractivity (Wildman–Crippen MR) is 86.9 cm³/mol. The second kappa shape index (κ2) is 6.37. The van der Waals surface area contributed by atoms with Crippen LogP contribution in [0.3, 0.4) is 0 Å². The van der Waals surface area contributed by atoms with Crippen molar-refractivity contribution in [2.75, 3.05) is 27.2 Å². The van der Waals surface area contributed by atoms with Crippen LogP contribution in [0.2, 0.25) is 0 Å². The van der Waals surface area contributed by atoms with Crippen LogP contribution in [0.5, 0.6) is 5.75 Å². The largest absolute Gasteiger partial charge is 0.497 e. The van der Waals surface area contributed by atoms with Crippen molar-refractivity contribution in [1.82, 2.24) is 10.2 Å². The van der Waals surface area contributed by atoms with E-state index in [0.29, 0.717) is 12.1 Å². The summed E-state index contributed by atoms with van der Waals surface area (Å²) in [5.74, 6) is 1.71. The topological polar surface area (TPSA) is 24.5 Å². The van der Waals surface area contributed by atoms with Crippen molar-refractivity contribution < 1.29 is 4.74 Å². The van der Waals surface area contributed by atoms with Gasteiger partial charge in [0.15, 0.2) is 0 Å². The van der Waals surface area contributed by atoms with Gasteiger partial charge in [-0.1, -0.05) is 13.0 Å². The Kier molecular flexibility index (Phi) is 4.51. The maximum atomic E-state index is 5.42.